The van der Waals surface area contributed by atoms with Gasteiger partial charge in [0.15, 0.2) is 5.65 Å². The molecule has 0 spiro atoms. The quantitative estimate of drug-likeness (QED) is 0.716. The second kappa shape index (κ2) is 6.44. The van der Waals surface area contributed by atoms with E-state index in [1.165, 1.54) is 16.8 Å². The highest BCUT2D eigenvalue weighted by atomic mass is 16.2. The number of carbonyl (C=O) groups excluding carboxylic acids is 1. The molecule has 1 fully saturated rings. The molecule has 1 saturated heterocycles. The van der Waals surface area contributed by atoms with Gasteiger partial charge in [-0.3, -0.25) is 9.78 Å². The molecular weight excluding hydrogens is 338 g/mol. The zero-order valence-electron chi connectivity index (χ0n) is 15.5. The molecule has 2 bridgehead atoms. The first-order valence-electron chi connectivity index (χ1n) is 9.75. The first-order valence-corrected chi connectivity index (χ1v) is 9.75. The largest absolute Gasteiger partial charge is 0.332 e. The zero-order chi connectivity index (χ0) is 18.4. The van der Waals surface area contributed by atoms with Crippen LogP contribution in [0.4, 0.5) is 0 Å². The standard InChI is InChI=1S/C21H23N5O/c1-14-11-20-23-13-17-18-6-5-16(12-19(17)26(20)24-14)25(18)21(27)4-2-3-15-7-9-22-10-8-15/h7-11,13,16,18H,2-6,12H2,1H3/t16-,18+/m0/s1. The van der Waals surface area contributed by atoms with Crippen LogP contribution in [0.2, 0.25) is 0 Å². The summed E-state index contributed by atoms with van der Waals surface area (Å²) in [5, 5.41) is 4.62. The highest BCUT2D eigenvalue weighted by molar-refractivity contribution is 5.78. The van der Waals surface area contributed by atoms with Gasteiger partial charge in [0.1, 0.15) is 0 Å². The van der Waals surface area contributed by atoms with Crippen LogP contribution in [0.5, 0.6) is 0 Å². The number of hydrogen-bond donors (Lipinski definition) is 0. The smallest absolute Gasteiger partial charge is 0.223 e. The molecule has 138 valence electrons. The Morgan fingerprint density at radius 1 is 1.26 bits per heavy atom. The van der Waals surface area contributed by atoms with Gasteiger partial charge in [0, 0.05) is 49.1 Å². The summed E-state index contributed by atoms with van der Waals surface area (Å²) in [5.74, 6) is 0.277. The van der Waals surface area contributed by atoms with E-state index >= 15 is 0 Å². The lowest BCUT2D eigenvalue weighted by molar-refractivity contribution is -0.134. The minimum Gasteiger partial charge on any atom is -0.332 e. The number of fused-ring (bicyclic) bond motifs is 6. The van der Waals surface area contributed by atoms with Crippen LogP contribution in [0.15, 0.2) is 36.8 Å². The summed E-state index contributed by atoms with van der Waals surface area (Å²) < 4.78 is 1.99. The van der Waals surface area contributed by atoms with Crippen molar-refractivity contribution in [1.82, 2.24) is 24.5 Å². The van der Waals surface area contributed by atoms with E-state index in [4.69, 9.17) is 0 Å². The van der Waals surface area contributed by atoms with Crippen LogP contribution in [0.25, 0.3) is 5.65 Å². The molecule has 27 heavy (non-hydrogen) atoms. The van der Waals surface area contributed by atoms with Gasteiger partial charge in [0.25, 0.3) is 0 Å². The molecule has 6 heteroatoms. The van der Waals surface area contributed by atoms with Crippen molar-refractivity contribution in [3.05, 3.63) is 59.3 Å². The predicted octanol–water partition coefficient (Wildman–Crippen LogP) is 3.04. The Hall–Kier alpha value is -2.76. The number of nitrogens with zero attached hydrogens (tertiary/aromatic N) is 5. The van der Waals surface area contributed by atoms with Crippen LogP contribution in [0.1, 0.15) is 54.2 Å². The highest BCUT2D eigenvalue weighted by Crippen LogP contribution is 2.43. The van der Waals surface area contributed by atoms with Crippen LogP contribution in [0.3, 0.4) is 0 Å². The maximum absolute atomic E-state index is 13.0. The first-order chi connectivity index (χ1) is 13.2. The second-order valence-electron chi connectivity index (χ2n) is 7.68. The van der Waals surface area contributed by atoms with Gasteiger partial charge in [-0.2, -0.15) is 5.10 Å². The summed E-state index contributed by atoms with van der Waals surface area (Å²) in [7, 11) is 0. The molecule has 3 aromatic rings. The van der Waals surface area contributed by atoms with E-state index in [9.17, 15) is 4.79 Å². The average molecular weight is 361 g/mol. The summed E-state index contributed by atoms with van der Waals surface area (Å²) in [6, 6.07) is 6.51. The summed E-state index contributed by atoms with van der Waals surface area (Å²) in [6.07, 6.45) is 11.0. The van der Waals surface area contributed by atoms with Gasteiger partial charge in [-0.05, 0) is 50.3 Å². The van der Waals surface area contributed by atoms with Crippen LogP contribution >= 0.6 is 0 Å². The number of hydrogen-bond acceptors (Lipinski definition) is 4. The normalized spacial score (nSPS) is 20.9. The fourth-order valence-corrected chi connectivity index (χ4v) is 4.70. The summed E-state index contributed by atoms with van der Waals surface area (Å²) in [6.45, 7) is 2.00. The Labute approximate surface area is 158 Å². The van der Waals surface area contributed by atoms with Gasteiger partial charge < -0.3 is 4.90 Å². The van der Waals surface area contributed by atoms with E-state index in [0.717, 1.165) is 43.4 Å². The van der Waals surface area contributed by atoms with Gasteiger partial charge in [-0.1, -0.05) is 0 Å². The fraction of sp³-hybridized carbons (Fsp3) is 0.429. The molecule has 2 atom stereocenters. The van der Waals surface area contributed by atoms with Crippen LogP contribution in [-0.2, 0) is 17.6 Å². The summed E-state index contributed by atoms with van der Waals surface area (Å²) in [4.78, 5) is 23.8. The lowest BCUT2D eigenvalue weighted by Crippen LogP contribution is -2.42. The summed E-state index contributed by atoms with van der Waals surface area (Å²) in [5.41, 5.74) is 5.55. The van der Waals surface area contributed by atoms with Gasteiger partial charge >= 0.3 is 0 Å². The summed E-state index contributed by atoms with van der Waals surface area (Å²) >= 11 is 0. The maximum atomic E-state index is 13.0. The predicted molar refractivity (Wildman–Crippen MR) is 101 cm³/mol. The third-order valence-corrected chi connectivity index (χ3v) is 5.92. The van der Waals surface area contributed by atoms with Crippen molar-refractivity contribution in [3.8, 4) is 0 Å². The molecule has 5 heterocycles. The molecule has 0 aromatic carbocycles. The molecular formula is C21H23N5O. The van der Waals surface area contributed by atoms with Crippen molar-refractivity contribution in [2.24, 2.45) is 0 Å². The number of aromatic nitrogens is 4. The lowest BCUT2D eigenvalue weighted by Gasteiger charge is -2.36. The Balaban J connectivity index is 1.34. The van der Waals surface area contributed by atoms with Gasteiger partial charge in [-0.15, -0.1) is 0 Å². The average Bonchev–Trinajstić information content (AvgIpc) is 3.21. The number of carbonyl (C=O) groups is 1. The van der Waals surface area contributed by atoms with Crippen molar-refractivity contribution >= 4 is 11.6 Å². The topological polar surface area (TPSA) is 63.4 Å². The zero-order valence-corrected chi connectivity index (χ0v) is 15.5. The molecule has 0 saturated carbocycles. The van der Waals surface area contributed by atoms with Crippen molar-refractivity contribution in [2.45, 2.75) is 57.5 Å². The molecule has 0 aliphatic carbocycles. The SMILES string of the molecule is Cc1cc2ncc3c(n2n1)C[C@@H]1CC[C@H]3N1C(=O)CCCc1ccncc1. The molecule has 6 nitrogen and oxygen atoms in total. The molecule has 3 aromatic heterocycles. The first kappa shape index (κ1) is 16.4. The van der Waals surface area contributed by atoms with E-state index in [-0.39, 0.29) is 11.9 Å². The van der Waals surface area contributed by atoms with Gasteiger partial charge in [0.2, 0.25) is 5.91 Å². The molecule has 0 unspecified atom stereocenters. The molecule has 2 aliphatic heterocycles. The number of rotatable bonds is 4. The Kier molecular flexibility index (Phi) is 3.92. The van der Waals surface area contributed by atoms with Crippen LogP contribution in [-0.4, -0.2) is 36.4 Å². The highest BCUT2D eigenvalue weighted by Gasteiger charge is 2.43. The molecule has 2 aliphatic rings. The van der Waals surface area contributed by atoms with Crippen LogP contribution in [0, 0.1) is 6.92 Å². The van der Waals surface area contributed by atoms with E-state index in [0.29, 0.717) is 12.5 Å². The fourth-order valence-electron chi connectivity index (χ4n) is 4.70. The monoisotopic (exact) mass is 361 g/mol. The minimum absolute atomic E-state index is 0.161. The van der Waals surface area contributed by atoms with Gasteiger partial charge in [0.05, 0.1) is 17.4 Å². The maximum Gasteiger partial charge on any atom is 0.223 e. The van der Waals surface area contributed by atoms with Gasteiger partial charge in [-0.25, -0.2) is 9.50 Å². The number of amides is 1. The molecule has 0 radical (unpaired) electrons. The molecule has 1 amide bonds. The van der Waals surface area contributed by atoms with E-state index < -0.39 is 0 Å². The second-order valence-corrected chi connectivity index (χ2v) is 7.68. The van der Waals surface area contributed by atoms with Crippen molar-refractivity contribution in [2.75, 3.05) is 0 Å². The van der Waals surface area contributed by atoms with E-state index in [1.807, 2.05) is 48.2 Å². The third-order valence-electron chi connectivity index (χ3n) is 5.92. The van der Waals surface area contributed by atoms with Crippen molar-refractivity contribution in [1.29, 1.82) is 0 Å². The Morgan fingerprint density at radius 2 is 2.11 bits per heavy atom. The molecule has 5 rings (SSSR count). The van der Waals surface area contributed by atoms with Crippen LogP contribution < -0.4 is 0 Å². The van der Waals surface area contributed by atoms with E-state index in [1.54, 1.807) is 0 Å². The third kappa shape index (κ3) is 2.80. The minimum atomic E-state index is 0.161. The lowest BCUT2D eigenvalue weighted by atomic mass is 9.98. The number of aryl methyl sites for hydroxylation is 2. The Morgan fingerprint density at radius 3 is 2.96 bits per heavy atom. The molecule has 0 N–H and O–H groups in total. The van der Waals surface area contributed by atoms with Crippen molar-refractivity contribution < 1.29 is 4.79 Å². The van der Waals surface area contributed by atoms with Crippen molar-refractivity contribution in [3.63, 3.8) is 0 Å². The Bertz CT molecular complexity index is 996. The number of pyridine rings is 1. The van der Waals surface area contributed by atoms with E-state index in [2.05, 4.69) is 20.0 Å².